The van der Waals surface area contributed by atoms with E-state index in [1.165, 1.54) is 5.56 Å². The number of carboxylic acid groups (broad SMARTS) is 1. The van der Waals surface area contributed by atoms with Crippen molar-refractivity contribution >= 4 is 5.97 Å². The Morgan fingerprint density at radius 3 is 2.63 bits per heavy atom. The van der Waals surface area contributed by atoms with E-state index in [-0.39, 0.29) is 12.6 Å². The summed E-state index contributed by atoms with van der Waals surface area (Å²) >= 11 is 0. The zero-order valence-corrected chi connectivity index (χ0v) is 11.7. The fourth-order valence-electron chi connectivity index (χ4n) is 2.04. The summed E-state index contributed by atoms with van der Waals surface area (Å²) in [5.74, 6) is -0.789. The molecule has 0 saturated carbocycles. The number of aliphatic carboxylic acids is 1. The van der Waals surface area contributed by atoms with Gasteiger partial charge in [-0.3, -0.25) is 9.69 Å². The van der Waals surface area contributed by atoms with Gasteiger partial charge < -0.3 is 9.84 Å². The number of aryl methyl sites for hydroxylation is 1. The van der Waals surface area contributed by atoms with Crippen molar-refractivity contribution in [2.24, 2.45) is 0 Å². The molecule has 19 heavy (non-hydrogen) atoms. The second-order valence-electron chi connectivity index (χ2n) is 4.73. The van der Waals surface area contributed by atoms with Crippen molar-refractivity contribution in [2.75, 3.05) is 26.8 Å². The summed E-state index contributed by atoms with van der Waals surface area (Å²) in [7, 11) is 1.63. The number of benzene rings is 1. The standard InChI is InChI=1S/C15H23NO3/c1-13(8-9-14-6-4-3-5-7-14)16(10-11-19-2)12-15(17)18/h3-7,13H,8-12H2,1-2H3,(H,17,18). The number of nitrogens with zero attached hydrogens (tertiary/aromatic N) is 1. The highest BCUT2D eigenvalue weighted by Crippen LogP contribution is 2.09. The molecule has 1 unspecified atom stereocenters. The third-order valence-electron chi connectivity index (χ3n) is 3.24. The third kappa shape index (κ3) is 6.36. The van der Waals surface area contributed by atoms with Gasteiger partial charge in [-0.2, -0.15) is 0 Å². The Morgan fingerprint density at radius 1 is 1.37 bits per heavy atom. The second-order valence-corrected chi connectivity index (χ2v) is 4.73. The van der Waals surface area contributed by atoms with Crippen LogP contribution in [0.25, 0.3) is 0 Å². The summed E-state index contributed by atoms with van der Waals surface area (Å²) in [6, 6.07) is 10.5. The van der Waals surface area contributed by atoms with Crippen LogP contribution in [0.15, 0.2) is 30.3 Å². The van der Waals surface area contributed by atoms with Crippen LogP contribution in [0.3, 0.4) is 0 Å². The van der Waals surface area contributed by atoms with Gasteiger partial charge in [-0.15, -0.1) is 0 Å². The molecule has 0 heterocycles. The number of ether oxygens (including phenoxy) is 1. The fraction of sp³-hybridized carbons (Fsp3) is 0.533. The van der Waals surface area contributed by atoms with Crippen LogP contribution in [0.5, 0.6) is 0 Å². The van der Waals surface area contributed by atoms with Crippen molar-refractivity contribution in [2.45, 2.75) is 25.8 Å². The van der Waals surface area contributed by atoms with Gasteiger partial charge in [-0.25, -0.2) is 0 Å². The number of rotatable bonds is 9. The van der Waals surface area contributed by atoms with Crippen LogP contribution in [0.2, 0.25) is 0 Å². The van der Waals surface area contributed by atoms with E-state index < -0.39 is 5.97 Å². The summed E-state index contributed by atoms with van der Waals surface area (Å²) < 4.78 is 5.03. The normalized spacial score (nSPS) is 12.6. The predicted octanol–water partition coefficient (Wildman–Crippen LogP) is 2.04. The van der Waals surface area contributed by atoms with E-state index in [1.807, 2.05) is 23.1 Å². The van der Waals surface area contributed by atoms with Gasteiger partial charge in [0, 0.05) is 19.7 Å². The maximum absolute atomic E-state index is 10.9. The highest BCUT2D eigenvalue weighted by atomic mass is 16.5. The SMILES string of the molecule is COCCN(CC(=O)O)C(C)CCc1ccccc1. The van der Waals surface area contributed by atoms with Crippen molar-refractivity contribution in [1.82, 2.24) is 4.90 Å². The molecule has 1 N–H and O–H groups in total. The largest absolute Gasteiger partial charge is 0.480 e. The molecule has 0 radical (unpaired) electrons. The molecule has 4 heteroatoms. The first kappa shape index (κ1) is 15.7. The fourth-order valence-corrected chi connectivity index (χ4v) is 2.04. The van der Waals surface area contributed by atoms with Crippen molar-refractivity contribution in [3.63, 3.8) is 0 Å². The molecule has 4 nitrogen and oxygen atoms in total. The molecule has 0 amide bonds. The minimum absolute atomic E-state index is 0.0688. The van der Waals surface area contributed by atoms with Crippen LogP contribution >= 0.6 is 0 Å². The first-order valence-electron chi connectivity index (χ1n) is 6.62. The average Bonchev–Trinajstić information content (AvgIpc) is 2.41. The Balaban J connectivity index is 2.46. The summed E-state index contributed by atoms with van der Waals surface area (Å²) in [4.78, 5) is 12.8. The molecule has 0 aliphatic carbocycles. The minimum Gasteiger partial charge on any atom is -0.480 e. The molecule has 1 rings (SSSR count). The highest BCUT2D eigenvalue weighted by molar-refractivity contribution is 5.69. The van der Waals surface area contributed by atoms with Crippen molar-refractivity contribution in [1.29, 1.82) is 0 Å². The van der Waals surface area contributed by atoms with Gasteiger partial charge in [0.1, 0.15) is 0 Å². The highest BCUT2D eigenvalue weighted by Gasteiger charge is 2.16. The first-order valence-corrected chi connectivity index (χ1v) is 6.62. The maximum atomic E-state index is 10.9. The van der Waals surface area contributed by atoms with E-state index in [1.54, 1.807) is 7.11 Å². The average molecular weight is 265 g/mol. The van der Waals surface area contributed by atoms with Gasteiger partial charge in [0.2, 0.25) is 0 Å². The lowest BCUT2D eigenvalue weighted by Crippen LogP contribution is -2.39. The lowest BCUT2D eigenvalue weighted by atomic mass is 10.1. The molecule has 1 atom stereocenters. The van der Waals surface area contributed by atoms with Gasteiger partial charge in [0.25, 0.3) is 0 Å². The molecule has 0 aliphatic heterocycles. The Morgan fingerprint density at radius 2 is 2.05 bits per heavy atom. The Labute approximate surface area is 115 Å². The molecule has 0 aliphatic rings. The van der Waals surface area contributed by atoms with Crippen LogP contribution in [0, 0.1) is 0 Å². The molecule has 1 aromatic rings. The molecular weight excluding hydrogens is 242 g/mol. The summed E-state index contributed by atoms with van der Waals surface area (Å²) in [5, 5.41) is 8.93. The molecular formula is C15H23NO3. The molecule has 0 fully saturated rings. The van der Waals surface area contributed by atoms with E-state index in [9.17, 15) is 4.79 Å². The Kier molecular flexibility index (Phi) is 7.15. The predicted molar refractivity (Wildman–Crippen MR) is 75.3 cm³/mol. The van der Waals surface area contributed by atoms with Crippen LogP contribution < -0.4 is 0 Å². The number of hydrogen-bond donors (Lipinski definition) is 1. The van der Waals surface area contributed by atoms with Crippen LogP contribution in [0.4, 0.5) is 0 Å². The van der Waals surface area contributed by atoms with Gasteiger partial charge in [0.15, 0.2) is 0 Å². The Hall–Kier alpha value is -1.39. The lowest BCUT2D eigenvalue weighted by Gasteiger charge is -2.27. The van der Waals surface area contributed by atoms with Gasteiger partial charge in [-0.1, -0.05) is 30.3 Å². The van der Waals surface area contributed by atoms with Crippen LogP contribution in [0.1, 0.15) is 18.9 Å². The molecule has 0 bridgehead atoms. The maximum Gasteiger partial charge on any atom is 0.317 e. The van der Waals surface area contributed by atoms with E-state index >= 15 is 0 Å². The number of carbonyl (C=O) groups is 1. The molecule has 0 aromatic heterocycles. The zero-order valence-electron chi connectivity index (χ0n) is 11.7. The lowest BCUT2D eigenvalue weighted by molar-refractivity contribution is -0.139. The molecule has 0 saturated heterocycles. The molecule has 0 spiro atoms. The molecule has 106 valence electrons. The minimum atomic E-state index is -0.789. The quantitative estimate of drug-likeness (QED) is 0.742. The number of carboxylic acids is 1. The van der Waals surface area contributed by atoms with Crippen LogP contribution in [-0.4, -0.2) is 48.8 Å². The topological polar surface area (TPSA) is 49.8 Å². The van der Waals surface area contributed by atoms with Crippen molar-refractivity contribution in [3.05, 3.63) is 35.9 Å². The summed E-state index contributed by atoms with van der Waals surface area (Å²) in [6.07, 6.45) is 1.91. The molecule has 1 aromatic carbocycles. The third-order valence-corrected chi connectivity index (χ3v) is 3.24. The van der Waals surface area contributed by atoms with Crippen molar-refractivity contribution < 1.29 is 14.6 Å². The van der Waals surface area contributed by atoms with Gasteiger partial charge in [0.05, 0.1) is 13.2 Å². The van der Waals surface area contributed by atoms with E-state index in [4.69, 9.17) is 9.84 Å². The van der Waals surface area contributed by atoms with Crippen LogP contribution in [-0.2, 0) is 16.0 Å². The Bertz CT molecular complexity index is 367. The number of hydrogen-bond acceptors (Lipinski definition) is 3. The monoisotopic (exact) mass is 265 g/mol. The van der Waals surface area contributed by atoms with Gasteiger partial charge in [-0.05, 0) is 25.3 Å². The summed E-state index contributed by atoms with van der Waals surface area (Å²) in [6.45, 7) is 3.35. The smallest absolute Gasteiger partial charge is 0.317 e. The summed E-state index contributed by atoms with van der Waals surface area (Å²) in [5.41, 5.74) is 1.29. The van der Waals surface area contributed by atoms with Gasteiger partial charge >= 0.3 is 5.97 Å². The first-order chi connectivity index (χ1) is 9.13. The van der Waals surface area contributed by atoms with E-state index in [2.05, 4.69) is 19.1 Å². The second kappa shape index (κ2) is 8.67. The van der Waals surface area contributed by atoms with E-state index in [0.29, 0.717) is 13.2 Å². The van der Waals surface area contributed by atoms with Crippen molar-refractivity contribution in [3.8, 4) is 0 Å². The number of methoxy groups -OCH3 is 1. The van der Waals surface area contributed by atoms with E-state index in [0.717, 1.165) is 12.8 Å². The zero-order chi connectivity index (χ0) is 14.1.